The van der Waals surface area contributed by atoms with Gasteiger partial charge in [0.2, 0.25) is 0 Å². The summed E-state index contributed by atoms with van der Waals surface area (Å²) in [5.74, 6) is 0.730. The fourth-order valence-corrected chi connectivity index (χ4v) is 2.98. The molecule has 0 aliphatic rings. The fourth-order valence-electron chi connectivity index (χ4n) is 1.95. The van der Waals surface area contributed by atoms with Gasteiger partial charge in [0, 0.05) is 10.6 Å². The van der Waals surface area contributed by atoms with Gasteiger partial charge in [0.05, 0.1) is 10.9 Å². The van der Waals surface area contributed by atoms with Crippen LogP contribution in [-0.4, -0.2) is 17.6 Å². The summed E-state index contributed by atoms with van der Waals surface area (Å²) < 4.78 is 0.648. The minimum atomic E-state index is -0.695. The second-order valence-electron chi connectivity index (χ2n) is 5.29. The maximum absolute atomic E-state index is 10.0. The molecule has 0 spiro atoms. The molecule has 1 unspecified atom stereocenters. The molecule has 0 amide bonds. The summed E-state index contributed by atoms with van der Waals surface area (Å²) in [6.45, 7) is 4.47. The van der Waals surface area contributed by atoms with E-state index >= 15 is 0 Å². The first-order chi connectivity index (χ1) is 10.5. The van der Waals surface area contributed by atoms with Crippen molar-refractivity contribution in [3.63, 3.8) is 0 Å². The van der Waals surface area contributed by atoms with Crippen LogP contribution in [-0.2, 0) is 0 Å². The van der Waals surface area contributed by atoms with Crippen molar-refractivity contribution in [3.05, 3.63) is 51.2 Å². The maximum atomic E-state index is 10.0. The fraction of sp³-hybridized carbons (Fsp3) is 0.312. The molecule has 1 heterocycles. The zero-order valence-corrected chi connectivity index (χ0v) is 14.2. The number of aliphatic hydroxyl groups excluding tert-OH is 1. The molecule has 2 rings (SSSR count). The van der Waals surface area contributed by atoms with Crippen molar-refractivity contribution in [2.45, 2.75) is 25.9 Å². The van der Waals surface area contributed by atoms with Gasteiger partial charge in [-0.3, -0.25) is 4.99 Å². The Morgan fingerprint density at radius 3 is 2.77 bits per heavy atom. The molecule has 4 nitrogen and oxygen atoms in total. The largest absolute Gasteiger partial charge is 0.386 e. The van der Waals surface area contributed by atoms with Crippen molar-refractivity contribution in [1.29, 1.82) is 0 Å². The highest BCUT2D eigenvalue weighted by Gasteiger charge is 2.09. The van der Waals surface area contributed by atoms with Crippen molar-refractivity contribution in [2.24, 2.45) is 10.7 Å². The number of hydrogen-bond donors (Lipinski definition) is 3. The lowest BCUT2D eigenvalue weighted by Crippen LogP contribution is -2.23. The molecule has 0 saturated heterocycles. The summed E-state index contributed by atoms with van der Waals surface area (Å²) in [6, 6.07) is 11.6. The summed E-state index contributed by atoms with van der Waals surface area (Å²) in [4.78, 5) is 4.96. The van der Waals surface area contributed by atoms with Crippen LogP contribution in [0.1, 0.15) is 36.3 Å². The number of nitrogens with two attached hydrogens (primary N) is 1. The smallest absolute Gasteiger partial charge is 0.193 e. The zero-order chi connectivity index (χ0) is 16.1. The number of hydrogen-bond acceptors (Lipinski definition) is 3. The number of anilines is 1. The van der Waals surface area contributed by atoms with Crippen molar-refractivity contribution in [1.82, 2.24) is 0 Å². The third-order valence-electron chi connectivity index (χ3n) is 3.18. The van der Waals surface area contributed by atoms with Crippen LogP contribution in [0, 0.1) is 0 Å². The first-order valence-corrected chi connectivity index (χ1v) is 8.25. The third-order valence-corrected chi connectivity index (χ3v) is 4.52. The molecule has 1 aromatic carbocycles. The van der Waals surface area contributed by atoms with Crippen LogP contribution >= 0.6 is 22.9 Å². The lowest BCUT2D eigenvalue weighted by Gasteiger charge is -2.10. The van der Waals surface area contributed by atoms with Gasteiger partial charge >= 0.3 is 0 Å². The van der Waals surface area contributed by atoms with Gasteiger partial charge in [-0.15, -0.1) is 11.3 Å². The molecular formula is C16H20ClN3OS. The van der Waals surface area contributed by atoms with Crippen LogP contribution in [0.5, 0.6) is 0 Å². The molecule has 118 valence electrons. The van der Waals surface area contributed by atoms with Gasteiger partial charge in [0.25, 0.3) is 0 Å². The number of aliphatic hydroxyl groups is 1. The number of nitrogens with zero attached hydrogens (tertiary/aromatic N) is 1. The van der Waals surface area contributed by atoms with Crippen LogP contribution in [0.15, 0.2) is 41.4 Å². The maximum Gasteiger partial charge on any atom is 0.193 e. The number of nitrogens with one attached hydrogen (secondary N) is 1. The van der Waals surface area contributed by atoms with E-state index < -0.39 is 6.10 Å². The highest BCUT2D eigenvalue weighted by Crippen LogP contribution is 2.27. The number of halogens is 1. The molecule has 0 aliphatic carbocycles. The Labute approximate surface area is 139 Å². The first-order valence-electron chi connectivity index (χ1n) is 7.06. The van der Waals surface area contributed by atoms with E-state index in [1.165, 1.54) is 16.9 Å². The summed E-state index contributed by atoms with van der Waals surface area (Å²) in [5.41, 5.74) is 7.99. The second kappa shape index (κ2) is 7.63. The van der Waals surface area contributed by atoms with E-state index in [1.807, 2.05) is 18.2 Å². The van der Waals surface area contributed by atoms with Crippen LogP contribution in [0.4, 0.5) is 5.69 Å². The van der Waals surface area contributed by atoms with Crippen LogP contribution in [0.3, 0.4) is 0 Å². The number of aliphatic imine (C=N–C) groups is 1. The number of rotatable bonds is 5. The van der Waals surface area contributed by atoms with Crippen molar-refractivity contribution in [2.75, 3.05) is 11.9 Å². The predicted molar refractivity (Wildman–Crippen MR) is 94.9 cm³/mol. The molecule has 0 radical (unpaired) electrons. The number of thiophene rings is 1. The zero-order valence-electron chi connectivity index (χ0n) is 12.6. The van der Waals surface area contributed by atoms with Gasteiger partial charge in [0.1, 0.15) is 6.10 Å². The van der Waals surface area contributed by atoms with Crippen molar-refractivity contribution >= 4 is 34.6 Å². The standard InChI is InChI=1S/C16H20ClN3OS/c1-10(2)11-4-3-5-12(8-11)20-16(18)19-9-13(21)14-6-7-15(17)22-14/h3-8,10,13,21H,9H2,1-2H3,(H3,18,19,20). The minimum Gasteiger partial charge on any atom is -0.386 e. The average molecular weight is 338 g/mol. The predicted octanol–water partition coefficient (Wildman–Crippen LogP) is 3.99. The summed E-state index contributed by atoms with van der Waals surface area (Å²) in [6.07, 6.45) is -0.695. The van der Waals surface area contributed by atoms with Gasteiger partial charge < -0.3 is 16.2 Å². The summed E-state index contributed by atoms with van der Waals surface area (Å²) >= 11 is 7.19. The average Bonchev–Trinajstić information content (AvgIpc) is 2.91. The van der Waals surface area contributed by atoms with E-state index in [4.69, 9.17) is 17.3 Å². The lowest BCUT2D eigenvalue weighted by molar-refractivity contribution is 0.191. The van der Waals surface area contributed by atoms with Crippen LogP contribution in [0.2, 0.25) is 4.34 Å². The SMILES string of the molecule is CC(C)c1cccc(NC(N)=NCC(O)c2ccc(Cl)s2)c1. The van der Waals surface area contributed by atoms with Gasteiger partial charge in [0.15, 0.2) is 5.96 Å². The molecular weight excluding hydrogens is 318 g/mol. The molecule has 0 fully saturated rings. The Bertz CT molecular complexity index is 654. The number of benzene rings is 1. The monoisotopic (exact) mass is 337 g/mol. The van der Waals surface area contributed by atoms with E-state index in [1.54, 1.807) is 12.1 Å². The Morgan fingerprint density at radius 1 is 1.36 bits per heavy atom. The van der Waals surface area contributed by atoms with Gasteiger partial charge in [-0.1, -0.05) is 37.6 Å². The van der Waals surface area contributed by atoms with E-state index in [0.29, 0.717) is 10.3 Å². The molecule has 4 N–H and O–H groups in total. The Balaban J connectivity index is 1.96. The van der Waals surface area contributed by atoms with Crippen LogP contribution in [0.25, 0.3) is 0 Å². The summed E-state index contributed by atoms with van der Waals surface area (Å²) in [7, 11) is 0. The van der Waals surface area contributed by atoms with Crippen LogP contribution < -0.4 is 11.1 Å². The quantitative estimate of drug-likeness (QED) is 0.570. The molecule has 2 aromatic rings. The molecule has 0 bridgehead atoms. The first kappa shape index (κ1) is 16.8. The van der Waals surface area contributed by atoms with Gasteiger partial charge in [-0.05, 0) is 35.7 Å². The third kappa shape index (κ3) is 4.73. The van der Waals surface area contributed by atoms with E-state index in [0.717, 1.165) is 10.6 Å². The molecule has 0 aliphatic heterocycles. The molecule has 1 atom stereocenters. The molecule has 22 heavy (non-hydrogen) atoms. The Hall–Kier alpha value is -1.56. The molecule has 0 saturated carbocycles. The Kier molecular flexibility index (Phi) is 5.83. The van der Waals surface area contributed by atoms with Gasteiger partial charge in [-0.2, -0.15) is 0 Å². The highest BCUT2D eigenvalue weighted by atomic mass is 35.5. The van der Waals surface area contributed by atoms with E-state index in [9.17, 15) is 5.11 Å². The number of guanidine groups is 1. The van der Waals surface area contributed by atoms with E-state index in [-0.39, 0.29) is 12.5 Å². The molecule has 1 aromatic heterocycles. The topological polar surface area (TPSA) is 70.6 Å². The van der Waals surface area contributed by atoms with Gasteiger partial charge in [-0.25, -0.2) is 0 Å². The minimum absolute atomic E-state index is 0.194. The summed E-state index contributed by atoms with van der Waals surface area (Å²) in [5, 5.41) is 13.1. The second-order valence-corrected chi connectivity index (χ2v) is 7.04. The van der Waals surface area contributed by atoms with Crippen molar-refractivity contribution < 1.29 is 5.11 Å². The lowest BCUT2D eigenvalue weighted by atomic mass is 10.0. The normalized spacial score (nSPS) is 13.4. The highest BCUT2D eigenvalue weighted by molar-refractivity contribution is 7.16. The Morgan fingerprint density at radius 2 is 2.14 bits per heavy atom. The molecule has 6 heteroatoms. The van der Waals surface area contributed by atoms with Crippen molar-refractivity contribution in [3.8, 4) is 0 Å². The van der Waals surface area contributed by atoms with E-state index in [2.05, 4.69) is 30.2 Å².